The predicted octanol–water partition coefficient (Wildman–Crippen LogP) is 4.01. The average molecular weight is 344 g/mol. The second-order valence-electron chi connectivity index (χ2n) is 6.61. The van der Waals surface area contributed by atoms with Crippen molar-refractivity contribution < 1.29 is 12.8 Å². The number of nitrogens with zero attached hydrogens (tertiary/aromatic N) is 1. The van der Waals surface area contributed by atoms with E-state index in [0.29, 0.717) is 6.54 Å². The molecule has 0 spiro atoms. The van der Waals surface area contributed by atoms with Crippen LogP contribution in [0.3, 0.4) is 0 Å². The van der Waals surface area contributed by atoms with Crippen LogP contribution in [-0.4, -0.2) is 18.1 Å². The van der Waals surface area contributed by atoms with Crippen molar-refractivity contribution in [3.8, 4) is 0 Å². The summed E-state index contributed by atoms with van der Waals surface area (Å²) in [5.41, 5.74) is 1.59. The van der Waals surface area contributed by atoms with Gasteiger partial charge >= 0.3 is 0 Å². The third-order valence-electron chi connectivity index (χ3n) is 3.76. The summed E-state index contributed by atoms with van der Waals surface area (Å²) in [6.07, 6.45) is 1.53. The van der Waals surface area contributed by atoms with E-state index in [-0.39, 0.29) is 5.03 Å². The molecule has 0 aliphatic rings. The minimum Gasteiger partial charge on any atom is -0.459 e. The van der Waals surface area contributed by atoms with Crippen LogP contribution in [0.25, 0.3) is 11.0 Å². The SMILES string of the molecule is CC(C)(C)S(=O)(=O)c1ccc(NCc2cc3ccccc3o2)cn1. The highest BCUT2D eigenvalue weighted by Crippen LogP contribution is 2.24. The predicted molar refractivity (Wildman–Crippen MR) is 94.7 cm³/mol. The molecule has 0 radical (unpaired) electrons. The molecule has 0 atom stereocenters. The third kappa shape index (κ3) is 3.14. The van der Waals surface area contributed by atoms with Gasteiger partial charge in [0.15, 0.2) is 14.9 Å². The second-order valence-corrected chi connectivity index (χ2v) is 9.25. The highest BCUT2D eigenvalue weighted by molar-refractivity contribution is 7.92. The fourth-order valence-electron chi connectivity index (χ4n) is 2.27. The summed E-state index contributed by atoms with van der Waals surface area (Å²) in [7, 11) is -3.44. The van der Waals surface area contributed by atoms with Crippen LogP contribution in [0.15, 0.2) is 58.1 Å². The minimum atomic E-state index is -3.44. The first kappa shape index (κ1) is 16.5. The number of furan rings is 1. The first-order valence-corrected chi connectivity index (χ1v) is 9.18. The topological polar surface area (TPSA) is 72.2 Å². The number of aromatic nitrogens is 1. The number of hydrogen-bond acceptors (Lipinski definition) is 5. The summed E-state index contributed by atoms with van der Waals surface area (Å²) in [5, 5.41) is 4.33. The van der Waals surface area contributed by atoms with Gasteiger partial charge in [-0.25, -0.2) is 13.4 Å². The van der Waals surface area contributed by atoms with E-state index in [1.807, 2.05) is 30.3 Å². The number of benzene rings is 1. The maximum Gasteiger partial charge on any atom is 0.200 e. The zero-order valence-corrected chi connectivity index (χ0v) is 14.7. The molecule has 2 heterocycles. The van der Waals surface area contributed by atoms with Crippen LogP contribution in [0.1, 0.15) is 26.5 Å². The first-order chi connectivity index (χ1) is 11.3. The van der Waals surface area contributed by atoms with Gasteiger partial charge in [-0.3, -0.25) is 0 Å². The van der Waals surface area contributed by atoms with E-state index < -0.39 is 14.6 Å². The molecule has 5 nitrogen and oxygen atoms in total. The van der Waals surface area contributed by atoms with Gasteiger partial charge in [0.25, 0.3) is 0 Å². The number of sulfone groups is 1. The van der Waals surface area contributed by atoms with E-state index in [1.54, 1.807) is 26.8 Å². The van der Waals surface area contributed by atoms with Crippen molar-refractivity contribution >= 4 is 26.5 Å². The maximum absolute atomic E-state index is 12.3. The average Bonchev–Trinajstić information content (AvgIpc) is 2.95. The number of nitrogens with one attached hydrogen (secondary N) is 1. The summed E-state index contributed by atoms with van der Waals surface area (Å²) < 4.78 is 29.6. The highest BCUT2D eigenvalue weighted by Gasteiger charge is 2.31. The van der Waals surface area contributed by atoms with Crippen LogP contribution in [0, 0.1) is 0 Å². The van der Waals surface area contributed by atoms with Crippen molar-refractivity contribution in [1.29, 1.82) is 0 Å². The summed E-state index contributed by atoms with van der Waals surface area (Å²) in [6, 6.07) is 13.0. The summed E-state index contributed by atoms with van der Waals surface area (Å²) in [4.78, 5) is 4.09. The summed E-state index contributed by atoms with van der Waals surface area (Å²) >= 11 is 0. The van der Waals surface area contributed by atoms with Gasteiger partial charge in [0.05, 0.1) is 23.2 Å². The number of fused-ring (bicyclic) bond motifs is 1. The first-order valence-electron chi connectivity index (χ1n) is 7.69. The van der Waals surface area contributed by atoms with Crippen LogP contribution >= 0.6 is 0 Å². The molecule has 0 fully saturated rings. The van der Waals surface area contributed by atoms with Crippen molar-refractivity contribution in [3.63, 3.8) is 0 Å². The van der Waals surface area contributed by atoms with Gasteiger partial charge in [-0.2, -0.15) is 0 Å². The van der Waals surface area contributed by atoms with Gasteiger partial charge in [-0.15, -0.1) is 0 Å². The normalized spacial score (nSPS) is 12.5. The molecule has 0 saturated carbocycles. The Morgan fingerprint density at radius 3 is 2.50 bits per heavy atom. The third-order valence-corrected chi connectivity index (χ3v) is 6.17. The van der Waals surface area contributed by atoms with Gasteiger partial charge in [0, 0.05) is 5.39 Å². The largest absolute Gasteiger partial charge is 0.459 e. The van der Waals surface area contributed by atoms with Crippen molar-refractivity contribution in [2.24, 2.45) is 0 Å². The molecule has 6 heteroatoms. The Morgan fingerprint density at radius 1 is 1.12 bits per heavy atom. The molecule has 0 bridgehead atoms. The lowest BCUT2D eigenvalue weighted by Crippen LogP contribution is -2.28. The van der Waals surface area contributed by atoms with Crippen molar-refractivity contribution in [1.82, 2.24) is 4.98 Å². The fourth-order valence-corrected chi connectivity index (χ4v) is 3.34. The molecule has 3 aromatic rings. The molecule has 0 saturated heterocycles. The van der Waals surface area contributed by atoms with E-state index in [1.165, 1.54) is 12.3 Å². The Hall–Kier alpha value is -2.34. The standard InChI is InChI=1S/C18H20N2O3S/c1-18(2,3)24(21,22)17-9-8-14(11-20-17)19-12-15-10-13-6-4-5-7-16(13)23-15/h4-11,19H,12H2,1-3H3. The number of rotatable bonds is 4. The van der Waals surface area contributed by atoms with E-state index in [9.17, 15) is 8.42 Å². The molecule has 126 valence electrons. The molecule has 1 N–H and O–H groups in total. The van der Waals surface area contributed by atoms with E-state index in [2.05, 4.69) is 10.3 Å². The van der Waals surface area contributed by atoms with Crippen LogP contribution < -0.4 is 5.32 Å². The maximum atomic E-state index is 12.3. The van der Waals surface area contributed by atoms with Crippen molar-refractivity contribution in [2.45, 2.75) is 37.1 Å². The van der Waals surface area contributed by atoms with E-state index in [4.69, 9.17) is 4.42 Å². The molecule has 0 aliphatic heterocycles. The number of para-hydroxylation sites is 1. The van der Waals surface area contributed by atoms with Gasteiger partial charge in [0.1, 0.15) is 11.3 Å². The van der Waals surface area contributed by atoms with Crippen molar-refractivity contribution in [2.75, 3.05) is 5.32 Å². The monoisotopic (exact) mass is 344 g/mol. The van der Waals surface area contributed by atoms with Gasteiger partial charge in [-0.1, -0.05) is 18.2 Å². The molecule has 2 aromatic heterocycles. The lowest BCUT2D eigenvalue weighted by Gasteiger charge is -2.18. The van der Waals surface area contributed by atoms with Crippen LogP contribution in [0.5, 0.6) is 0 Å². The summed E-state index contributed by atoms with van der Waals surface area (Å²) in [6.45, 7) is 5.50. The molecule has 0 unspecified atom stereocenters. The second kappa shape index (κ2) is 5.94. The highest BCUT2D eigenvalue weighted by atomic mass is 32.2. The van der Waals surface area contributed by atoms with Gasteiger partial charge < -0.3 is 9.73 Å². The molecule has 0 aliphatic carbocycles. The smallest absolute Gasteiger partial charge is 0.200 e. The van der Waals surface area contributed by atoms with Crippen LogP contribution in [-0.2, 0) is 16.4 Å². The zero-order valence-electron chi connectivity index (χ0n) is 13.9. The fraction of sp³-hybridized carbons (Fsp3) is 0.278. The van der Waals surface area contributed by atoms with Gasteiger partial charge in [-0.05, 0) is 45.0 Å². The van der Waals surface area contributed by atoms with Gasteiger partial charge in [0.2, 0.25) is 0 Å². The Labute approximate surface area is 141 Å². The minimum absolute atomic E-state index is 0.0873. The zero-order chi connectivity index (χ0) is 17.4. The number of hydrogen-bond donors (Lipinski definition) is 1. The van der Waals surface area contributed by atoms with Crippen LogP contribution in [0.2, 0.25) is 0 Å². The molecule has 1 aromatic carbocycles. The number of pyridine rings is 1. The summed E-state index contributed by atoms with van der Waals surface area (Å²) in [5.74, 6) is 0.808. The quantitative estimate of drug-likeness (QED) is 0.774. The number of anilines is 1. The van der Waals surface area contributed by atoms with Crippen molar-refractivity contribution in [3.05, 3.63) is 54.4 Å². The van der Waals surface area contributed by atoms with E-state index in [0.717, 1.165) is 22.4 Å². The molecule has 3 rings (SSSR count). The molecule has 0 amide bonds. The van der Waals surface area contributed by atoms with E-state index >= 15 is 0 Å². The Morgan fingerprint density at radius 2 is 1.88 bits per heavy atom. The Bertz CT molecular complexity index is 919. The van der Waals surface area contributed by atoms with Crippen LogP contribution in [0.4, 0.5) is 5.69 Å². The lowest BCUT2D eigenvalue weighted by atomic mass is 10.2. The molecular weight excluding hydrogens is 324 g/mol. The molecular formula is C18H20N2O3S. The molecule has 24 heavy (non-hydrogen) atoms. The lowest BCUT2D eigenvalue weighted by molar-refractivity contribution is 0.555. The Balaban J connectivity index is 1.73. The Kier molecular flexibility index (Phi) is 4.09.